The minimum atomic E-state index is -0.602. The van der Waals surface area contributed by atoms with Gasteiger partial charge in [-0.25, -0.2) is 9.18 Å². The Morgan fingerprint density at radius 1 is 1.53 bits per heavy atom. The van der Waals surface area contributed by atoms with Crippen LogP contribution in [0.15, 0.2) is 24.4 Å². The molecule has 0 saturated heterocycles. The van der Waals surface area contributed by atoms with Gasteiger partial charge in [-0.15, -0.1) is 0 Å². The van der Waals surface area contributed by atoms with E-state index >= 15 is 0 Å². The largest absolute Gasteiger partial charge is 0.462 e. The summed E-state index contributed by atoms with van der Waals surface area (Å²) in [5, 5.41) is 0.172. The molecule has 0 atom stereocenters. The second-order valence-corrected chi connectivity index (χ2v) is 3.72. The molecule has 0 bridgehead atoms. The number of ether oxygens (including phenoxy) is 1. The second kappa shape index (κ2) is 4.67. The topological polar surface area (TPSA) is 39.2 Å². The van der Waals surface area contributed by atoms with Gasteiger partial charge in [-0.1, -0.05) is 17.7 Å². The molecule has 0 aliphatic carbocycles. The van der Waals surface area contributed by atoms with E-state index in [1.807, 2.05) is 0 Å². The fourth-order valence-corrected chi connectivity index (χ4v) is 1.83. The molecule has 0 unspecified atom stereocenters. The molecule has 0 N–H and O–H groups in total. The molecule has 1 aromatic carbocycles. The quantitative estimate of drug-likeness (QED) is 0.772. The molecule has 0 aliphatic rings. The van der Waals surface area contributed by atoms with Crippen molar-refractivity contribution >= 4 is 28.5 Å². The van der Waals surface area contributed by atoms with E-state index in [0.29, 0.717) is 5.52 Å². The Bertz CT molecular complexity index is 586. The smallest absolute Gasteiger partial charge is 0.341 e. The van der Waals surface area contributed by atoms with Crippen molar-refractivity contribution in [2.75, 3.05) is 6.61 Å². The van der Waals surface area contributed by atoms with Gasteiger partial charge >= 0.3 is 5.97 Å². The molecule has 0 fully saturated rings. The molecule has 5 heteroatoms. The van der Waals surface area contributed by atoms with Crippen molar-refractivity contribution in [3.8, 4) is 0 Å². The molecule has 1 heterocycles. The number of benzene rings is 1. The zero-order chi connectivity index (χ0) is 12.4. The van der Waals surface area contributed by atoms with Gasteiger partial charge in [0.05, 0.1) is 28.1 Å². The highest BCUT2D eigenvalue weighted by Crippen LogP contribution is 2.28. The van der Waals surface area contributed by atoms with Crippen molar-refractivity contribution < 1.29 is 13.9 Å². The number of esters is 1. The molecule has 0 saturated carbocycles. The van der Waals surface area contributed by atoms with Gasteiger partial charge in [-0.2, -0.15) is 0 Å². The van der Waals surface area contributed by atoms with Crippen molar-refractivity contribution in [2.45, 2.75) is 6.92 Å². The molecule has 0 amide bonds. The summed E-state index contributed by atoms with van der Waals surface area (Å²) in [6.07, 6.45) is 1.29. The van der Waals surface area contributed by atoms with Crippen LogP contribution in [-0.2, 0) is 4.74 Å². The maximum atomic E-state index is 13.6. The Morgan fingerprint density at radius 3 is 3.00 bits per heavy atom. The van der Waals surface area contributed by atoms with Crippen molar-refractivity contribution in [2.24, 2.45) is 0 Å². The Balaban J connectivity index is 2.65. The van der Waals surface area contributed by atoms with Gasteiger partial charge in [0.1, 0.15) is 5.82 Å². The molecule has 3 nitrogen and oxygen atoms in total. The third-order valence-electron chi connectivity index (χ3n) is 2.28. The monoisotopic (exact) mass is 253 g/mol. The lowest BCUT2D eigenvalue weighted by Crippen LogP contribution is -2.06. The summed E-state index contributed by atoms with van der Waals surface area (Å²) in [5.41, 5.74) is 0.481. The fourth-order valence-electron chi connectivity index (χ4n) is 1.51. The van der Waals surface area contributed by atoms with Crippen LogP contribution in [0, 0.1) is 5.82 Å². The van der Waals surface area contributed by atoms with Crippen LogP contribution in [0.4, 0.5) is 4.39 Å². The molecule has 88 valence electrons. The average Bonchev–Trinajstić information content (AvgIpc) is 2.29. The Labute approximate surface area is 102 Å². The summed E-state index contributed by atoms with van der Waals surface area (Å²) in [5.74, 6) is -1.11. The summed E-state index contributed by atoms with van der Waals surface area (Å²) < 4.78 is 18.4. The number of fused-ring (bicyclic) bond motifs is 1. The average molecular weight is 254 g/mol. The van der Waals surface area contributed by atoms with Crippen molar-refractivity contribution in [1.82, 2.24) is 4.98 Å². The number of halogens is 2. The Kier molecular flexibility index (Phi) is 3.24. The predicted octanol–water partition coefficient (Wildman–Crippen LogP) is 3.20. The minimum absolute atomic E-state index is 0.0338. The third kappa shape index (κ3) is 2.08. The van der Waals surface area contributed by atoms with Gasteiger partial charge in [0, 0.05) is 6.20 Å². The van der Waals surface area contributed by atoms with Crippen LogP contribution in [0.2, 0.25) is 5.02 Å². The number of carbonyl (C=O) groups excluding carboxylic acids is 1. The van der Waals surface area contributed by atoms with Gasteiger partial charge < -0.3 is 4.74 Å². The van der Waals surface area contributed by atoms with Gasteiger partial charge in [0.2, 0.25) is 0 Å². The van der Waals surface area contributed by atoms with Crippen molar-refractivity contribution in [1.29, 1.82) is 0 Å². The van der Waals surface area contributed by atoms with E-state index in [0.717, 1.165) is 0 Å². The van der Waals surface area contributed by atoms with Crippen molar-refractivity contribution in [3.05, 3.63) is 40.8 Å². The molecule has 2 aromatic rings. The normalized spacial score (nSPS) is 10.5. The number of carbonyl (C=O) groups is 1. The van der Waals surface area contributed by atoms with E-state index in [1.165, 1.54) is 18.3 Å². The molecule has 0 radical (unpaired) electrons. The maximum Gasteiger partial charge on any atom is 0.341 e. The standard InChI is InChI=1S/C12H9ClFNO2/c1-2-17-12(16)7-6-15-9-5-3-4-8(14)10(9)11(7)13/h3-6H,2H2,1H3. The lowest BCUT2D eigenvalue weighted by molar-refractivity contribution is 0.0526. The van der Waals surface area contributed by atoms with Crippen LogP contribution in [0.1, 0.15) is 17.3 Å². The van der Waals surface area contributed by atoms with Crippen LogP contribution in [0.3, 0.4) is 0 Å². The first-order valence-corrected chi connectivity index (χ1v) is 5.42. The number of rotatable bonds is 2. The summed E-state index contributed by atoms with van der Waals surface area (Å²) in [6, 6.07) is 4.43. The fraction of sp³-hybridized carbons (Fsp3) is 0.167. The number of aromatic nitrogens is 1. The zero-order valence-electron chi connectivity index (χ0n) is 9.04. The summed E-state index contributed by atoms with van der Waals surface area (Å²) in [6.45, 7) is 1.91. The minimum Gasteiger partial charge on any atom is -0.462 e. The molecule has 0 spiro atoms. The molecular weight excluding hydrogens is 245 g/mol. The highest BCUT2D eigenvalue weighted by atomic mass is 35.5. The lowest BCUT2D eigenvalue weighted by Gasteiger charge is -2.06. The summed E-state index contributed by atoms with van der Waals surface area (Å²) in [7, 11) is 0. The van der Waals surface area contributed by atoms with Crippen LogP contribution < -0.4 is 0 Å². The number of nitrogens with zero attached hydrogens (tertiary/aromatic N) is 1. The van der Waals surface area contributed by atoms with Gasteiger partial charge in [0.15, 0.2) is 0 Å². The second-order valence-electron chi connectivity index (χ2n) is 3.34. The molecule has 2 rings (SSSR count). The number of hydrogen-bond donors (Lipinski definition) is 0. The number of pyridine rings is 1. The first kappa shape index (κ1) is 11.8. The molecular formula is C12H9ClFNO2. The van der Waals surface area contributed by atoms with Gasteiger partial charge in [-0.3, -0.25) is 4.98 Å². The molecule has 0 aliphatic heterocycles. The number of hydrogen-bond acceptors (Lipinski definition) is 3. The van der Waals surface area contributed by atoms with Gasteiger partial charge in [0.25, 0.3) is 0 Å². The van der Waals surface area contributed by atoms with E-state index in [9.17, 15) is 9.18 Å². The van der Waals surface area contributed by atoms with E-state index in [2.05, 4.69) is 4.98 Å². The van der Waals surface area contributed by atoms with Crippen LogP contribution in [0.5, 0.6) is 0 Å². The maximum absolute atomic E-state index is 13.6. The molecule has 17 heavy (non-hydrogen) atoms. The van der Waals surface area contributed by atoms with E-state index < -0.39 is 11.8 Å². The van der Waals surface area contributed by atoms with Crippen LogP contribution in [-0.4, -0.2) is 17.6 Å². The van der Waals surface area contributed by atoms with Crippen molar-refractivity contribution in [3.63, 3.8) is 0 Å². The van der Waals surface area contributed by atoms with E-state index in [-0.39, 0.29) is 22.6 Å². The first-order valence-electron chi connectivity index (χ1n) is 5.05. The first-order chi connectivity index (χ1) is 8.15. The van der Waals surface area contributed by atoms with Gasteiger partial charge in [-0.05, 0) is 19.1 Å². The van der Waals surface area contributed by atoms with Crippen LogP contribution in [0.25, 0.3) is 10.9 Å². The Hall–Kier alpha value is -1.68. The van der Waals surface area contributed by atoms with E-state index in [1.54, 1.807) is 13.0 Å². The SMILES string of the molecule is CCOC(=O)c1cnc2cccc(F)c2c1Cl. The third-order valence-corrected chi connectivity index (χ3v) is 2.67. The summed E-state index contributed by atoms with van der Waals surface area (Å²) >= 11 is 6.00. The lowest BCUT2D eigenvalue weighted by atomic mass is 10.1. The highest BCUT2D eigenvalue weighted by molar-refractivity contribution is 6.38. The highest BCUT2D eigenvalue weighted by Gasteiger charge is 2.16. The van der Waals surface area contributed by atoms with Crippen LogP contribution >= 0.6 is 11.6 Å². The Morgan fingerprint density at radius 2 is 2.29 bits per heavy atom. The zero-order valence-corrected chi connectivity index (χ0v) is 9.79. The predicted molar refractivity (Wildman–Crippen MR) is 62.7 cm³/mol. The molecule has 1 aromatic heterocycles. The summed E-state index contributed by atoms with van der Waals surface area (Å²) in [4.78, 5) is 15.5. The van der Waals surface area contributed by atoms with E-state index in [4.69, 9.17) is 16.3 Å².